The fourth-order valence-electron chi connectivity index (χ4n) is 3.73. The average molecular weight is 273 g/mol. The normalized spacial score (nSPS) is 15.8. The molecule has 1 aliphatic carbocycles. The van der Waals surface area contributed by atoms with Crippen LogP contribution in [0.2, 0.25) is 0 Å². The molecule has 0 saturated carbocycles. The molecule has 1 heteroatoms. The highest BCUT2D eigenvalue weighted by Crippen LogP contribution is 2.39. The fraction of sp³-hybridized carbons (Fsp3) is 0.200. The van der Waals surface area contributed by atoms with Gasteiger partial charge in [-0.25, -0.2) is 0 Å². The second-order valence-electron chi connectivity index (χ2n) is 5.76. The van der Waals surface area contributed by atoms with Gasteiger partial charge in [0, 0.05) is 29.2 Å². The molecule has 1 heterocycles. The van der Waals surface area contributed by atoms with Crippen molar-refractivity contribution in [3.8, 4) is 0 Å². The Kier molecular flexibility index (Phi) is 2.75. The average Bonchev–Trinajstić information content (AvgIpc) is 2.70. The van der Waals surface area contributed by atoms with Crippen molar-refractivity contribution < 1.29 is 0 Å². The molecule has 0 aliphatic heterocycles. The minimum Gasteiger partial charge on any atom is -0.347 e. The molecular formula is C20H19N. The van der Waals surface area contributed by atoms with Crippen molar-refractivity contribution in [1.82, 2.24) is 4.57 Å². The van der Waals surface area contributed by atoms with E-state index in [1.54, 1.807) is 0 Å². The molecule has 0 N–H and O–H groups in total. The summed E-state index contributed by atoms with van der Waals surface area (Å²) in [5, 5.41) is 1.37. The Bertz CT molecular complexity index is 865. The van der Waals surface area contributed by atoms with Crippen molar-refractivity contribution in [2.24, 2.45) is 7.05 Å². The van der Waals surface area contributed by atoms with E-state index in [0.717, 1.165) is 12.8 Å². The Morgan fingerprint density at radius 1 is 0.952 bits per heavy atom. The summed E-state index contributed by atoms with van der Waals surface area (Å²) in [6, 6.07) is 17.6. The first-order valence-corrected chi connectivity index (χ1v) is 7.62. The van der Waals surface area contributed by atoms with E-state index in [9.17, 15) is 0 Å². The lowest BCUT2D eigenvalue weighted by Gasteiger charge is -2.09. The third kappa shape index (κ3) is 1.70. The van der Waals surface area contributed by atoms with Crippen LogP contribution in [0.15, 0.2) is 54.6 Å². The summed E-state index contributed by atoms with van der Waals surface area (Å²) in [7, 11) is 2.20. The molecule has 4 rings (SSSR count). The largest absolute Gasteiger partial charge is 0.347 e. The third-order valence-corrected chi connectivity index (χ3v) is 4.72. The molecule has 0 unspecified atom stereocenters. The predicted octanol–water partition coefficient (Wildman–Crippen LogP) is 4.73. The van der Waals surface area contributed by atoms with Crippen LogP contribution in [-0.2, 0) is 19.9 Å². The molecule has 0 bridgehead atoms. The van der Waals surface area contributed by atoms with Gasteiger partial charge in [-0.15, -0.1) is 0 Å². The van der Waals surface area contributed by atoms with Crippen LogP contribution in [0.4, 0.5) is 0 Å². The van der Waals surface area contributed by atoms with E-state index < -0.39 is 0 Å². The smallest absolute Gasteiger partial charge is 0.0486 e. The number of rotatable bonds is 0. The second-order valence-corrected chi connectivity index (χ2v) is 5.76. The first kappa shape index (κ1) is 12.5. The van der Waals surface area contributed by atoms with Gasteiger partial charge in [0.1, 0.15) is 0 Å². The minimum atomic E-state index is 1.11. The van der Waals surface area contributed by atoms with Gasteiger partial charge >= 0.3 is 0 Å². The van der Waals surface area contributed by atoms with E-state index >= 15 is 0 Å². The van der Waals surface area contributed by atoms with Gasteiger partial charge in [0.2, 0.25) is 0 Å². The summed E-state index contributed by atoms with van der Waals surface area (Å²) >= 11 is 0. The summed E-state index contributed by atoms with van der Waals surface area (Å²) in [6.07, 6.45) is 4.50. The molecule has 0 saturated heterocycles. The zero-order valence-electron chi connectivity index (χ0n) is 12.6. The molecule has 0 fully saturated rings. The van der Waals surface area contributed by atoms with Crippen molar-refractivity contribution in [1.29, 1.82) is 0 Å². The van der Waals surface area contributed by atoms with Crippen LogP contribution in [0.25, 0.3) is 16.5 Å². The van der Waals surface area contributed by atoms with Crippen LogP contribution in [0.5, 0.6) is 0 Å². The fourth-order valence-corrected chi connectivity index (χ4v) is 3.73. The molecule has 1 aliphatic rings. The van der Waals surface area contributed by atoms with E-state index in [4.69, 9.17) is 0 Å². The van der Waals surface area contributed by atoms with E-state index in [1.165, 1.54) is 38.9 Å². The van der Waals surface area contributed by atoms with Gasteiger partial charge in [-0.2, -0.15) is 0 Å². The Morgan fingerprint density at radius 2 is 1.71 bits per heavy atom. The van der Waals surface area contributed by atoms with Crippen molar-refractivity contribution >= 4 is 16.5 Å². The summed E-state index contributed by atoms with van der Waals surface area (Å²) in [5.41, 5.74) is 8.47. The summed E-state index contributed by atoms with van der Waals surface area (Å²) < 4.78 is 2.38. The number of allylic oxidation sites excluding steroid dienone is 1. The number of benzene rings is 2. The van der Waals surface area contributed by atoms with E-state index in [-0.39, 0.29) is 0 Å². The standard InChI is InChI=1S/C20H19N/c1-3-15-16-9-5-4-8-14(16)12-13-19-20(15)17-10-6-7-11-18(17)21(19)2/h3-11H,12-13H2,1-2H3/b15-3+. The molecule has 0 radical (unpaired) electrons. The van der Waals surface area contributed by atoms with Crippen molar-refractivity contribution in [2.75, 3.05) is 0 Å². The first-order chi connectivity index (χ1) is 10.3. The van der Waals surface area contributed by atoms with Gasteiger partial charge in [0.05, 0.1) is 0 Å². The summed E-state index contributed by atoms with van der Waals surface area (Å²) in [4.78, 5) is 0. The molecule has 0 amide bonds. The van der Waals surface area contributed by atoms with Gasteiger partial charge in [0.25, 0.3) is 0 Å². The van der Waals surface area contributed by atoms with Crippen molar-refractivity contribution in [2.45, 2.75) is 19.8 Å². The molecule has 21 heavy (non-hydrogen) atoms. The van der Waals surface area contributed by atoms with Gasteiger partial charge < -0.3 is 4.57 Å². The number of hydrogen-bond donors (Lipinski definition) is 0. The zero-order valence-corrected chi connectivity index (χ0v) is 12.6. The maximum Gasteiger partial charge on any atom is 0.0486 e. The van der Waals surface area contributed by atoms with Crippen LogP contribution in [0, 0.1) is 0 Å². The number of fused-ring (bicyclic) bond motifs is 4. The molecule has 0 atom stereocenters. The lowest BCUT2D eigenvalue weighted by molar-refractivity contribution is 0.822. The van der Waals surface area contributed by atoms with E-state index in [1.807, 2.05) is 0 Å². The minimum absolute atomic E-state index is 1.11. The third-order valence-electron chi connectivity index (χ3n) is 4.72. The molecule has 3 aromatic rings. The van der Waals surface area contributed by atoms with E-state index in [2.05, 4.69) is 73.1 Å². The second kappa shape index (κ2) is 4.63. The van der Waals surface area contributed by atoms with Gasteiger partial charge in [0.15, 0.2) is 0 Å². The SMILES string of the molecule is C/C=C1\c2ccccc2CCc2c1c1ccccc1n2C. The van der Waals surface area contributed by atoms with Crippen LogP contribution in [0.3, 0.4) is 0 Å². The number of para-hydroxylation sites is 1. The number of aryl methyl sites for hydroxylation is 2. The van der Waals surface area contributed by atoms with Crippen LogP contribution in [0.1, 0.15) is 29.3 Å². The number of aromatic nitrogens is 1. The summed E-state index contributed by atoms with van der Waals surface area (Å²) in [6.45, 7) is 2.16. The Hall–Kier alpha value is -2.28. The zero-order chi connectivity index (χ0) is 14.4. The molecular weight excluding hydrogens is 254 g/mol. The Labute approximate surface area is 125 Å². The molecule has 2 aromatic carbocycles. The highest BCUT2D eigenvalue weighted by Gasteiger charge is 2.23. The van der Waals surface area contributed by atoms with E-state index in [0.29, 0.717) is 0 Å². The Balaban J connectivity index is 2.12. The lowest BCUT2D eigenvalue weighted by atomic mass is 9.94. The van der Waals surface area contributed by atoms with Gasteiger partial charge in [-0.3, -0.25) is 0 Å². The maximum absolute atomic E-state index is 2.38. The number of hydrogen-bond acceptors (Lipinski definition) is 0. The highest BCUT2D eigenvalue weighted by atomic mass is 14.9. The summed E-state index contributed by atoms with van der Waals surface area (Å²) in [5.74, 6) is 0. The van der Waals surface area contributed by atoms with Gasteiger partial charge in [-0.05, 0) is 42.5 Å². The monoisotopic (exact) mass is 273 g/mol. The molecule has 1 aromatic heterocycles. The first-order valence-electron chi connectivity index (χ1n) is 7.62. The van der Waals surface area contributed by atoms with Crippen molar-refractivity contribution in [3.05, 3.63) is 77.0 Å². The van der Waals surface area contributed by atoms with Crippen LogP contribution < -0.4 is 0 Å². The number of nitrogens with zero attached hydrogens (tertiary/aromatic N) is 1. The maximum atomic E-state index is 2.38. The van der Waals surface area contributed by atoms with Crippen molar-refractivity contribution in [3.63, 3.8) is 0 Å². The van der Waals surface area contributed by atoms with Crippen LogP contribution in [-0.4, -0.2) is 4.57 Å². The Morgan fingerprint density at radius 3 is 2.57 bits per heavy atom. The van der Waals surface area contributed by atoms with Gasteiger partial charge in [-0.1, -0.05) is 48.5 Å². The molecule has 104 valence electrons. The molecule has 1 nitrogen and oxygen atoms in total. The topological polar surface area (TPSA) is 4.93 Å². The highest BCUT2D eigenvalue weighted by molar-refractivity contribution is 5.99. The predicted molar refractivity (Wildman–Crippen MR) is 89.5 cm³/mol. The van der Waals surface area contributed by atoms with Crippen LogP contribution >= 0.6 is 0 Å². The molecule has 0 spiro atoms. The lowest BCUT2D eigenvalue weighted by Crippen LogP contribution is -1.98. The quantitative estimate of drug-likeness (QED) is 0.558.